The van der Waals surface area contributed by atoms with Crippen LogP contribution in [0.15, 0.2) is 42.7 Å². The number of aromatic nitrogens is 2. The van der Waals surface area contributed by atoms with Gasteiger partial charge in [0.15, 0.2) is 0 Å². The van der Waals surface area contributed by atoms with Gasteiger partial charge in [-0.3, -0.25) is 0 Å². The number of hydrogen-bond acceptors (Lipinski definition) is 4. The third-order valence-electron chi connectivity index (χ3n) is 2.65. The maximum Gasteiger partial charge on any atom is 0.407 e. The van der Waals surface area contributed by atoms with Crippen LogP contribution in [0.4, 0.5) is 4.79 Å². The summed E-state index contributed by atoms with van der Waals surface area (Å²) in [7, 11) is 0. The molecule has 0 aliphatic heterocycles. The third-order valence-corrected chi connectivity index (χ3v) is 3.25. The van der Waals surface area contributed by atoms with E-state index in [2.05, 4.69) is 15.3 Å². The van der Waals surface area contributed by atoms with Gasteiger partial charge in [-0.15, -0.1) is 0 Å². The predicted octanol–water partition coefficient (Wildman–Crippen LogP) is 3.72. The molecular weight excluding hydrogens is 325 g/mol. The minimum atomic E-state index is -0.505. The van der Waals surface area contributed by atoms with Gasteiger partial charge >= 0.3 is 6.09 Å². The Hall–Kier alpha value is -2.11. The summed E-state index contributed by atoms with van der Waals surface area (Å²) in [6.07, 6.45) is 4.10. The van der Waals surface area contributed by atoms with E-state index in [1.807, 2.05) is 30.3 Å². The van der Waals surface area contributed by atoms with Crippen LogP contribution in [0.2, 0.25) is 10.3 Å². The molecule has 2 rings (SSSR count). The minimum absolute atomic E-state index is 0.223. The Balaban J connectivity index is 1.76. The number of halogens is 2. The van der Waals surface area contributed by atoms with Gasteiger partial charge in [0.2, 0.25) is 0 Å². The first-order valence-corrected chi connectivity index (χ1v) is 7.19. The van der Waals surface area contributed by atoms with E-state index < -0.39 is 6.09 Å². The van der Waals surface area contributed by atoms with Gasteiger partial charge < -0.3 is 10.1 Å². The molecule has 0 aliphatic rings. The van der Waals surface area contributed by atoms with Crippen LogP contribution < -0.4 is 5.32 Å². The fourth-order valence-electron chi connectivity index (χ4n) is 1.59. The van der Waals surface area contributed by atoms with Crippen LogP contribution in [0.25, 0.3) is 6.08 Å². The van der Waals surface area contributed by atoms with E-state index >= 15 is 0 Å². The third kappa shape index (κ3) is 5.02. The summed E-state index contributed by atoms with van der Waals surface area (Å²) in [5.74, 6) is 0. The largest absolute Gasteiger partial charge is 0.445 e. The molecule has 0 unspecified atom stereocenters. The molecule has 22 heavy (non-hydrogen) atoms. The smallest absolute Gasteiger partial charge is 0.407 e. The highest BCUT2D eigenvalue weighted by Gasteiger charge is 2.04. The molecular formula is C15H13Cl2N3O2. The van der Waals surface area contributed by atoms with Crippen LogP contribution in [0.1, 0.15) is 11.1 Å². The minimum Gasteiger partial charge on any atom is -0.445 e. The van der Waals surface area contributed by atoms with Crippen LogP contribution in [0, 0.1) is 0 Å². The molecule has 0 spiro atoms. The van der Waals surface area contributed by atoms with Crippen molar-refractivity contribution in [2.45, 2.75) is 6.61 Å². The lowest BCUT2D eigenvalue weighted by molar-refractivity contribution is 0.141. The first-order chi connectivity index (χ1) is 10.7. The Morgan fingerprint density at radius 2 is 1.86 bits per heavy atom. The molecule has 1 aromatic heterocycles. The van der Waals surface area contributed by atoms with E-state index in [0.717, 1.165) is 5.56 Å². The molecule has 0 radical (unpaired) electrons. The number of rotatable bonds is 5. The number of carbonyl (C=O) groups excluding carboxylic acids is 1. The molecule has 0 saturated heterocycles. The molecule has 1 N–H and O–H groups in total. The van der Waals surface area contributed by atoms with E-state index in [0.29, 0.717) is 5.56 Å². The normalized spacial score (nSPS) is 10.6. The lowest BCUT2D eigenvalue weighted by Gasteiger charge is -2.05. The summed E-state index contributed by atoms with van der Waals surface area (Å²) in [6, 6.07) is 9.43. The van der Waals surface area contributed by atoms with Crippen molar-refractivity contribution in [2.75, 3.05) is 6.54 Å². The van der Waals surface area contributed by atoms with Crippen LogP contribution in [0.5, 0.6) is 0 Å². The Kier molecular flexibility index (Phi) is 6.18. The van der Waals surface area contributed by atoms with Crippen LogP contribution in [-0.4, -0.2) is 22.6 Å². The van der Waals surface area contributed by atoms with Gasteiger partial charge in [-0.1, -0.05) is 65.7 Å². The SMILES string of the molecule is O=C(NCC=Cc1c(Cl)ncnc1Cl)OCc1ccccc1. The fourth-order valence-corrected chi connectivity index (χ4v) is 2.03. The summed E-state index contributed by atoms with van der Waals surface area (Å²) < 4.78 is 5.07. The van der Waals surface area contributed by atoms with Crippen molar-refractivity contribution in [3.05, 3.63) is 64.2 Å². The van der Waals surface area contributed by atoms with Crippen molar-refractivity contribution < 1.29 is 9.53 Å². The van der Waals surface area contributed by atoms with Crippen molar-refractivity contribution in [1.82, 2.24) is 15.3 Å². The van der Waals surface area contributed by atoms with Gasteiger partial charge in [0.1, 0.15) is 23.2 Å². The van der Waals surface area contributed by atoms with Gasteiger partial charge in [0, 0.05) is 12.1 Å². The van der Waals surface area contributed by atoms with E-state index in [-0.39, 0.29) is 23.5 Å². The Bertz CT molecular complexity index is 643. The maximum absolute atomic E-state index is 11.5. The summed E-state index contributed by atoms with van der Waals surface area (Å²) in [5.41, 5.74) is 1.43. The molecule has 0 atom stereocenters. The molecule has 0 saturated carbocycles. The molecule has 0 aliphatic carbocycles. The topological polar surface area (TPSA) is 64.1 Å². The van der Waals surface area contributed by atoms with Crippen LogP contribution in [0.3, 0.4) is 0 Å². The zero-order chi connectivity index (χ0) is 15.8. The number of ether oxygens (including phenoxy) is 1. The lowest BCUT2D eigenvalue weighted by atomic mass is 10.2. The van der Waals surface area contributed by atoms with Gasteiger partial charge in [-0.05, 0) is 5.56 Å². The monoisotopic (exact) mass is 337 g/mol. The van der Waals surface area contributed by atoms with Crippen molar-refractivity contribution >= 4 is 35.4 Å². The standard InChI is InChI=1S/C15H13Cl2N3O2/c16-13-12(14(17)20-10-19-13)7-4-8-18-15(21)22-9-11-5-2-1-3-6-11/h1-7,10H,8-9H2,(H,18,21). The summed E-state index contributed by atoms with van der Waals surface area (Å²) in [6.45, 7) is 0.496. The summed E-state index contributed by atoms with van der Waals surface area (Å²) in [4.78, 5) is 19.2. The number of amides is 1. The number of nitrogens with one attached hydrogen (secondary N) is 1. The zero-order valence-electron chi connectivity index (χ0n) is 11.5. The van der Waals surface area contributed by atoms with Crippen molar-refractivity contribution in [3.8, 4) is 0 Å². The highest BCUT2D eigenvalue weighted by molar-refractivity contribution is 6.35. The first kappa shape index (κ1) is 16.3. The fraction of sp³-hybridized carbons (Fsp3) is 0.133. The second-order valence-electron chi connectivity index (χ2n) is 4.21. The van der Waals surface area contributed by atoms with Gasteiger partial charge in [0.05, 0.1) is 0 Å². The molecule has 114 valence electrons. The molecule has 1 amide bonds. The average molecular weight is 338 g/mol. The quantitative estimate of drug-likeness (QED) is 0.844. The number of benzene rings is 1. The highest BCUT2D eigenvalue weighted by atomic mass is 35.5. The van der Waals surface area contributed by atoms with Crippen molar-refractivity contribution in [2.24, 2.45) is 0 Å². The van der Waals surface area contributed by atoms with E-state index in [9.17, 15) is 4.79 Å². The molecule has 7 heteroatoms. The average Bonchev–Trinajstić information content (AvgIpc) is 2.53. The van der Waals surface area contributed by atoms with Crippen molar-refractivity contribution in [3.63, 3.8) is 0 Å². The highest BCUT2D eigenvalue weighted by Crippen LogP contribution is 2.20. The summed E-state index contributed by atoms with van der Waals surface area (Å²) in [5, 5.41) is 3.09. The number of carbonyl (C=O) groups is 1. The molecule has 5 nitrogen and oxygen atoms in total. The van der Waals surface area contributed by atoms with E-state index in [4.69, 9.17) is 27.9 Å². The summed E-state index contributed by atoms with van der Waals surface area (Å²) >= 11 is 11.8. The second kappa shape index (κ2) is 8.36. The zero-order valence-corrected chi connectivity index (χ0v) is 13.0. The van der Waals surface area contributed by atoms with Gasteiger partial charge in [0.25, 0.3) is 0 Å². The molecule has 0 bridgehead atoms. The predicted molar refractivity (Wildman–Crippen MR) is 85.7 cm³/mol. The molecule has 1 heterocycles. The van der Waals surface area contributed by atoms with Crippen LogP contribution in [-0.2, 0) is 11.3 Å². The number of alkyl carbamates (subject to hydrolysis) is 1. The Labute approximate surface area is 137 Å². The van der Waals surface area contributed by atoms with Crippen LogP contribution >= 0.6 is 23.2 Å². The number of hydrogen-bond donors (Lipinski definition) is 1. The second-order valence-corrected chi connectivity index (χ2v) is 4.93. The number of nitrogens with zero attached hydrogens (tertiary/aromatic N) is 2. The molecule has 1 aromatic carbocycles. The first-order valence-electron chi connectivity index (χ1n) is 6.44. The van der Waals surface area contributed by atoms with Gasteiger partial charge in [-0.2, -0.15) is 0 Å². The molecule has 0 fully saturated rings. The van der Waals surface area contributed by atoms with E-state index in [1.165, 1.54) is 6.33 Å². The Morgan fingerprint density at radius 3 is 2.55 bits per heavy atom. The lowest BCUT2D eigenvalue weighted by Crippen LogP contribution is -2.24. The molecule has 2 aromatic rings. The van der Waals surface area contributed by atoms with Crippen molar-refractivity contribution in [1.29, 1.82) is 0 Å². The van der Waals surface area contributed by atoms with Gasteiger partial charge in [-0.25, -0.2) is 14.8 Å². The van der Waals surface area contributed by atoms with E-state index in [1.54, 1.807) is 12.2 Å². The maximum atomic E-state index is 11.5. The Morgan fingerprint density at radius 1 is 1.18 bits per heavy atom.